The van der Waals surface area contributed by atoms with Crippen LogP contribution < -0.4 is 5.73 Å². The summed E-state index contributed by atoms with van der Waals surface area (Å²) in [4.78, 5) is 16.5. The summed E-state index contributed by atoms with van der Waals surface area (Å²) in [5, 5.41) is 0. The Labute approximate surface area is 110 Å². The van der Waals surface area contributed by atoms with E-state index in [2.05, 4.69) is 4.90 Å². The third-order valence-electron chi connectivity index (χ3n) is 3.58. The molecule has 0 unspecified atom stereocenters. The Morgan fingerprint density at radius 1 is 1.28 bits per heavy atom. The lowest BCUT2D eigenvalue weighted by molar-refractivity contribution is -0.137. The molecule has 18 heavy (non-hydrogen) atoms. The molecule has 106 valence electrons. The number of carbonyl (C=O) groups is 1. The summed E-state index contributed by atoms with van der Waals surface area (Å²) in [5.74, 6) is 0.223. The van der Waals surface area contributed by atoms with Crippen LogP contribution in [0.3, 0.4) is 0 Å². The number of hydrogen-bond acceptors (Lipinski definition) is 4. The highest BCUT2D eigenvalue weighted by Crippen LogP contribution is 2.46. The summed E-state index contributed by atoms with van der Waals surface area (Å²) in [6.45, 7) is 3.52. The van der Waals surface area contributed by atoms with Gasteiger partial charge >= 0.3 is 0 Å². The van der Waals surface area contributed by atoms with Gasteiger partial charge in [-0.05, 0) is 39.9 Å². The number of nitrogens with two attached hydrogens (primary N) is 1. The molecule has 1 saturated carbocycles. The molecule has 0 aromatic carbocycles. The average molecular weight is 257 g/mol. The zero-order valence-electron chi connectivity index (χ0n) is 11.9. The Hall–Kier alpha value is -0.650. The molecule has 0 aromatic heterocycles. The van der Waals surface area contributed by atoms with Gasteiger partial charge < -0.3 is 20.3 Å². The molecule has 0 saturated heterocycles. The minimum absolute atomic E-state index is 0.223. The van der Waals surface area contributed by atoms with E-state index in [1.807, 2.05) is 19.0 Å². The van der Waals surface area contributed by atoms with E-state index < -0.39 is 0 Å². The van der Waals surface area contributed by atoms with E-state index in [9.17, 15) is 4.79 Å². The largest absolute Gasteiger partial charge is 0.383 e. The van der Waals surface area contributed by atoms with E-state index in [0.717, 1.165) is 32.4 Å². The molecule has 0 aliphatic heterocycles. The van der Waals surface area contributed by atoms with Crippen molar-refractivity contribution in [1.29, 1.82) is 0 Å². The molecule has 0 aromatic rings. The minimum atomic E-state index is -0.244. The molecule has 0 radical (unpaired) electrons. The van der Waals surface area contributed by atoms with Gasteiger partial charge in [0.1, 0.15) is 0 Å². The summed E-state index contributed by atoms with van der Waals surface area (Å²) in [6, 6.07) is 0. The van der Waals surface area contributed by atoms with Crippen molar-refractivity contribution in [1.82, 2.24) is 9.80 Å². The van der Waals surface area contributed by atoms with Gasteiger partial charge in [0, 0.05) is 26.7 Å². The Kier molecular flexibility index (Phi) is 6.05. The Bertz CT molecular complexity index is 265. The minimum Gasteiger partial charge on any atom is -0.383 e. The number of carbonyl (C=O) groups excluding carboxylic acids is 1. The summed E-state index contributed by atoms with van der Waals surface area (Å²) in [7, 11) is 5.76. The van der Waals surface area contributed by atoms with Crippen LogP contribution in [-0.4, -0.2) is 69.7 Å². The topological polar surface area (TPSA) is 58.8 Å². The van der Waals surface area contributed by atoms with Gasteiger partial charge in [0.25, 0.3) is 0 Å². The monoisotopic (exact) mass is 257 g/mol. The number of hydrogen-bond donors (Lipinski definition) is 1. The van der Waals surface area contributed by atoms with Crippen LogP contribution in [0.2, 0.25) is 0 Å². The summed E-state index contributed by atoms with van der Waals surface area (Å²) in [6.07, 6.45) is 2.88. The zero-order chi connectivity index (χ0) is 13.6. The second kappa shape index (κ2) is 7.07. The molecule has 2 N–H and O–H groups in total. The SMILES string of the molecule is COCCN(CCCN(C)C)C(=O)C1(CN)CC1. The van der Waals surface area contributed by atoms with E-state index >= 15 is 0 Å². The van der Waals surface area contributed by atoms with Crippen molar-refractivity contribution < 1.29 is 9.53 Å². The van der Waals surface area contributed by atoms with Crippen molar-refractivity contribution in [3.63, 3.8) is 0 Å². The highest BCUT2D eigenvalue weighted by atomic mass is 16.5. The Morgan fingerprint density at radius 2 is 1.94 bits per heavy atom. The molecule has 1 fully saturated rings. The van der Waals surface area contributed by atoms with Crippen molar-refractivity contribution >= 4 is 5.91 Å². The van der Waals surface area contributed by atoms with Gasteiger partial charge in [-0.25, -0.2) is 0 Å². The summed E-state index contributed by atoms with van der Waals surface area (Å²) in [5.41, 5.74) is 5.48. The fraction of sp³-hybridized carbons (Fsp3) is 0.923. The maximum Gasteiger partial charge on any atom is 0.230 e. The lowest BCUT2D eigenvalue weighted by Gasteiger charge is -2.27. The smallest absolute Gasteiger partial charge is 0.230 e. The van der Waals surface area contributed by atoms with Crippen LogP contribution in [0.5, 0.6) is 0 Å². The molecular weight excluding hydrogens is 230 g/mol. The van der Waals surface area contributed by atoms with E-state index in [1.165, 1.54) is 0 Å². The number of ether oxygens (including phenoxy) is 1. The second-order valence-electron chi connectivity index (χ2n) is 5.43. The van der Waals surface area contributed by atoms with E-state index in [-0.39, 0.29) is 11.3 Å². The van der Waals surface area contributed by atoms with Gasteiger partial charge in [-0.2, -0.15) is 0 Å². The lowest BCUT2D eigenvalue weighted by Crippen LogP contribution is -2.43. The molecule has 1 aliphatic carbocycles. The average Bonchev–Trinajstić information content (AvgIpc) is 3.13. The van der Waals surface area contributed by atoms with E-state index in [4.69, 9.17) is 10.5 Å². The first-order valence-electron chi connectivity index (χ1n) is 6.69. The molecular formula is C13H27N3O2. The van der Waals surface area contributed by atoms with Crippen molar-refractivity contribution in [2.24, 2.45) is 11.1 Å². The maximum atomic E-state index is 12.4. The van der Waals surface area contributed by atoms with Crippen LogP contribution >= 0.6 is 0 Å². The molecule has 1 rings (SSSR count). The molecule has 5 heteroatoms. The summed E-state index contributed by atoms with van der Waals surface area (Å²) >= 11 is 0. The van der Waals surface area contributed by atoms with Crippen molar-refractivity contribution in [2.75, 3.05) is 54.0 Å². The van der Waals surface area contributed by atoms with Crippen molar-refractivity contribution in [3.8, 4) is 0 Å². The van der Waals surface area contributed by atoms with Gasteiger partial charge in [-0.3, -0.25) is 4.79 Å². The zero-order valence-corrected chi connectivity index (χ0v) is 11.9. The fourth-order valence-corrected chi connectivity index (χ4v) is 2.09. The molecule has 1 amide bonds. The van der Waals surface area contributed by atoms with Gasteiger partial charge in [-0.1, -0.05) is 0 Å². The number of rotatable bonds is 9. The second-order valence-corrected chi connectivity index (χ2v) is 5.43. The van der Waals surface area contributed by atoms with E-state index in [1.54, 1.807) is 7.11 Å². The van der Waals surface area contributed by atoms with Gasteiger partial charge in [-0.15, -0.1) is 0 Å². The van der Waals surface area contributed by atoms with Crippen molar-refractivity contribution in [2.45, 2.75) is 19.3 Å². The molecule has 5 nitrogen and oxygen atoms in total. The molecule has 1 aliphatic rings. The quantitative estimate of drug-likeness (QED) is 0.639. The first kappa shape index (κ1) is 15.4. The molecule has 0 heterocycles. The number of nitrogens with zero attached hydrogens (tertiary/aromatic N) is 2. The normalized spacial score (nSPS) is 16.9. The summed E-state index contributed by atoms with van der Waals surface area (Å²) < 4.78 is 5.08. The van der Waals surface area contributed by atoms with Crippen LogP contribution in [0.1, 0.15) is 19.3 Å². The van der Waals surface area contributed by atoms with Gasteiger partial charge in [0.15, 0.2) is 0 Å². The molecule has 0 atom stereocenters. The highest BCUT2D eigenvalue weighted by molar-refractivity contribution is 5.85. The third-order valence-corrected chi connectivity index (χ3v) is 3.58. The predicted molar refractivity (Wildman–Crippen MR) is 72.3 cm³/mol. The standard InChI is InChI=1S/C13H27N3O2/c1-15(2)7-4-8-16(9-10-18-3)12(17)13(11-14)5-6-13/h4-11,14H2,1-3H3. The highest BCUT2D eigenvalue weighted by Gasteiger charge is 2.50. The Morgan fingerprint density at radius 3 is 2.39 bits per heavy atom. The van der Waals surface area contributed by atoms with Crippen LogP contribution in [0, 0.1) is 5.41 Å². The third kappa shape index (κ3) is 4.23. The Balaban J connectivity index is 2.46. The van der Waals surface area contributed by atoms with Crippen LogP contribution in [0.4, 0.5) is 0 Å². The molecule has 0 bridgehead atoms. The lowest BCUT2D eigenvalue weighted by atomic mass is 10.1. The van der Waals surface area contributed by atoms with Crippen molar-refractivity contribution in [3.05, 3.63) is 0 Å². The number of methoxy groups -OCH3 is 1. The van der Waals surface area contributed by atoms with E-state index in [0.29, 0.717) is 19.7 Å². The van der Waals surface area contributed by atoms with Crippen LogP contribution in [0.15, 0.2) is 0 Å². The fourth-order valence-electron chi connectivity index (χ4n) is 2.09. The van der Waals surface area contributed by atoms with Gasteiger partial charge in [0.05, 0.1) is 12.0 Å². The predicted octanol–water partition coefficient (Wildman–Crippen LogP) is 0.152. The molecule has 0 spiro atoms. The maximum absolute atomic E-state index is 12.4. The first-order chi connectivity index (χ1) is 8.55. The van der Waals surface area contributed by atoms with Gasteiger partial charge in [0.2, 0.25) is 5.91 Å². The number of amides is 1. The van der Waals surface area contributed by atoms with Crippen LogP contribution in [-0.2, 0) is 9.53 Å². The van der Waals surface area contributed by atoms with Crippen LogP contribution in [0.25, 0.3) is 0 Å². The first-order valence-corrected chi connectivity index (χ1v) is 6.69.